The summed E-state index contributed by atoms with van der Waals surface area (Å²) in [6.07, 6.45) is 1.08. The van der Waals surface area contributed by atoms with Crippen LogP contribution in [0.1, 0.15) is 40.0 Å². The number of hydrogen-bond acceptors (Lipinski definition) is 4. The molecule has 108 valence electrons. The monoisotopic (exact) mass is 299 g/mol. The Kier molecular flexibility index (Phi) is 4.17. The number of benzene rings is 1. The first kappa shape index (κ1) is 14.6. The van der Waals surface area contributed by atoms with Gasteiger partial charge in [0, 0.05) is 6.54 Å². The maximum atomic E-state index is 12.3. The summed E-state index contributed by atoms with van der Waals surface area (Å²) in [5, 5.41) is 0. The average Bonchev–Trinajstić information content (AvgIpc) is 2.62. The fourth-order valence-corrected chi connectivity index (χ4v) is 2.71. The van der Waals surface area contributed by atoms with Crippen molar-refractivity contribution < 1.29 is 21.9 Å². The van der Waals surface area contributed by atoms with Gasteiger partial charge in [0.2, 0.25) is 0 Å². The van der Waals surface area contributed by atoms with Crippen molar-refractivity contribution in [3.05, 3.63) is 35.4 Å². The van der Waals surface area contributed by atoms with Crippen molar-refractivity contribution in [3.63, 3.8) is 0 Å². The zero-order chi connectivity index (χ0) is 14.8. The zero-order valence-corrected chi connectivity index (χ0v) is 11.5. The van der Waals surface area contributed by atoms with E-state index in [1.165, 1.54) is 0 Å². The van der Waals surface area contributed by atoms with Gasteiger partial charge in [-0.2, -0.15) is 8.42 Å². The van der Waals surface area contributed by atoms with Crippen molar-refractivity contribution in [1.29, 1.82) is 0 Å². The van der Waals surface area contributed by atoms with E-state index in [0.717, 1.165) is 4.90 Å². The van der Waals surface area contributed by atoms with Crippen molar-refractivity contribution in [3.8, 4) is 0 Å². The van der Waals surface area contributed by atoms with Crippen molar-refractivity contribution in [2.75, 3.05) is 12.3 Å². The average molecular weight is 299 g/mol. The first-order chi connectivity index (χ1) is 9.40. The Hall–Kier alpha value is -1.76. The quantitative estimate of drug-likeness (QED) is 0.456. The number of amides is 2. The van der Waals surface area contributed by atoms with Gasteiger partial charge in [-0.15, -0.1) is 3.89 Å². The summed E-state index contributed by atoms with van der Waals surface area (Å²) >= 11 is 0. The summed E-state index contributed by atoms with van der Waals surface area (Å²) in [7, 11) is -4.44. The van der Waals surface area contributed by atoms with E-state index in [1.807, 2.05) is 0 Å². The molecule has 0 aliphatic carbocycles. The summed E-state index contributed by atoms with van der Waals surface area (Å²) in [5.41, 5.74) is 0.785. The lowest BCUT2D eigenvalue weighted by molar-refractivity contribution is 0.0651. The normalized spacial score (nSPS) is 14.8. The summed E-state index contributed by atoms with van der Waals surface area (Å²) in [6, 6.07) is 6.59. The molecule has 7 heteroatoms. The second-order valence-corrected chi connectivity index (χ2v) is 6.10. The molecule has 1 aromatic carbocycles. The van der Waals surface area contributed by atoms with Crippen LogP contribution in [0.3, 0.4) is 0 Å². The summed E-state index contributed by atoms with van der Waals surface area (Å²) in [4.78, 5) is 25.1. The van der Waals surface area contributed by atoms with Crippen LogP contribution in [0.2, 0.25) is 0 Å². The highest BCUT2D eigenvalue weighted by atomic mass is 32.3. The third-order valence-corrected chi connectivity index (χ3v) is 3.92. The van der Waals surface area contributed by atoms with Crippen LogP contribution < -0.4 is 0 Å². The second-order valence-electron chi connectivity index (χ2n) is 4.61. The van der Waals surface area contributed by atoms with Crippen LogP contribution >= 0.6 is 0 Å². The topological polar surface area (TPSA) is 71.5 Å². The maximum Gasteiger partial charge on any atom is 0.302 e. The Labute approximate surface area is 116 Å². The van der Waals surface area contributed by atoms with E-state index in [1.54, 1.807) is 24.3 Å². The van der Waals surface area contributed by atoms with E-state index < -0.39 is 16.0 Å². The molecule has 0 aromatic heterocycles. The number of fused-ring (bicyclic) bond motifs is 1. The molecule has 1 heterocycles. The summed E-state index contributed by atoms with van der Waals surface area (Å²) in [5.74, 6) is -1.18. The number of carbonyl (C=O) groups excluding carboxylic acids is 2. The highest BCUT2D eigenvalue weighted by molar-refractivity contribution is 7.86. The minimum atomic E-state index is -4.44. The predicted molar refractivity (Wildman–Crippen MR) is 70.6 cm³/mol. The number of nitrogens with zero attached hydrogens (tertiary/aromatic N) is 1. The van der Waals surface area contributed by atoms with Crippen LogP contribution in [0.5, 0.6) is 0 Å². The molecule has 0 bridgehead atoms. The minimum absolute atomic E-state index is 0.183. The van der Waals surface area contributed by atoms with Gasteiger partial charge in [0.1, 0.15) is 0 Å². The lowest BCUT2D eigenvalue weighted by Crippen LogP contribution is -2.30. The molecule has 0 saturated carbocycles. The zero-order valence-electron chi connectivity index (χ0n) is 10.7. The van der Waals surface area contributed by atoms with Gasteiger partial charge in [0.05, 0.1) is 16.9 Å². The van der Waals surface area contributed by atoms with Crippen LogP contribution in [0.15, 0.2) is 24.3 Å². The van der Waals surface area contributed by atoms with E-state index >= 15 is 0 Å². The van der Waals surface area contributed by atoms with Crippen molar-refractivity contribution >= 4 is 22.0 Å². The molecule has 0 unspecified atom stereocenters. The standard InChI is InChI=1S/C13H14FNO4S/c14-20(18,19)9-5-1-4-8-15-12(16)10-6-2-3-7-11(10)13(15)17/h2-3,6-7H,1,4-5,8-9H2. The third-order valence-electron chi connectivity index (χ3n) is 3.15. The Morgan fingerprint density at radius 2 is 1.50 bits per heavy atom. The van der Waals surface area contributed by atoms with Gasteiger partial charge in [-0.3, -0.25) is 14.5 Å². The third kappa shape index (κ3) is 3.22. The molecule has 1 aliphatic rings. The molecule has 0 N–H and O–H groups in total. The summed E-state index contributed by atoms with van der Waals surface area (Å²) < 4.78 is 32.9. The fraction of sp³-hybridized carbons (Fsp3) is 0.385. The van der Waals surface area contributed by atoms with Gasteiger partial charge < -0.3 is 0 Å². The van der Waals surface area contributed by atoms with Gasteiger partial charge in [-0.1, -0.05) is 18.6 Å². The van der Waals surface area contributed by atoms with Crippen molar-refractivity contribution in [2.45, 2.75) is 19.3 Å². The van der Waals surface area contributed by atoms with Crippen LogP contribution in [0.25, 0.3) is 0 Å². The first-order valence-electron chi connectivity index (χ1n) is 6.28. The SMILES string of the molecule is O=C1c2ccccc2C(=O)N1CCCCCS(=O)(=O)F. The molecule has 0 spiro atoms. The maximum absolute atomic E-state index is 12.3. The van der Waals surface area contributed by atoms with Crippen LogP contribution in [0, 0.1) is 0 Å². The second kappa shape index (κ2) is 5.70. The number of halogens is 1. The van der Waals surface area contributed by atoms with E-state index in [9.17, 15) is 21.9 Å². The van der Waals surface area contributed by atoms with Crippen molar-refractivity contribution in [1.82, 2.24) is 4.90 Å². The molecule has 2 amide bonds. The first-order valence-corrected chi connectivity index (χ1v) is 7.83. The molecular formula is C13H14FNO4S. The smallest absolute Gasteiger partial charge is 0.274 e. The van der Waals surface area contributed by atoms with Gasteiger partial charge in [-0.25, -0.2) is 0 Å². The molecule has 1 aromatic rings. The Balaban J connectivity index is 1.87. The number of hydrogen-bond donors (Lipinski definition) is 0. The number of rotatable bonds is 6. The predicted octanol–water partition coefficient (Wildman–Crippen LogP) is 1.75. The number of carbonyl (C=O) groups is 2. The van der Waals surface area contributed by atoms with Gasteiger partial charge in [0.25, 0.3) is 11.8 Å². The Morgan fingerprint density at radius 1 is 0.950 bits per heavy atom. The van der Waals surface area contributed by atoms with E-state index in [4.69, 9.17) is 0 Å². The van der Waals surface area contributed by atoms with Crippen LogP contribution in [-0.2, 0) is 10.2 Å². The van der Waals surface area contributed by atoms with Gasteiger partial charge >= 0.3 is 10.2 Å². The molecule has 5 nitrogen and oxygen atoms in total. The molecule has 1 aliphatic heterocycles. The van der Waals surface area contributed by atoms with Crippen LogP contribution in [-0.4, -0.2) is 37.4 Å². The summed E-state index contributed by atoms with van der Waals surface area (Å²) in [6.45, 7) is 0.221. The molecule has 0 atom stereocenters. The van der Waals surface area contributed by atoms with Crippen molar-refractivity contribution in [2.24, 2.45) is 0 Å². The molecule has 0 radical (unpaired) electrons. The Morgan fingerprint density at radius 3 is 2.00 bits per heavy atom. The molecule has 0 saturated heterocycles. The highest BCUT2D eigenvalue weighted by Crippen LogP contribution is 2.22. The molecular weight excluding hydrogens is 285 g/mol. The lowest BCUT2D eigenvalue weighted by atomic mass is 10.1. The molecule has 20 heavy (non-hydrogen) atoms. The minimum Gasteiger partial charge on any atom is -0.274 e. The van der Waals surface area contributed by atoms with Gasteiger partial charge in [-0.05, 0) is 25.0 Å². The lowest BCUT2D eigenvalue weighted by Gasteiger charge is -2.13. The highest BCUT2D eigenvalue weighted by Gasteiger charge is 2.34. The molecule has 0 fully saturated rings. The molecule has 2 rings (SSSR count). The van der Waals surface area contributed by atoms with E-state index in [2.05, 4.69) is 0 Å². The number of imide groups is 1. The largest absolute Gasteiger partial charge is 0.302 e. The Bertz CT molecular complexity index is 607. The van der Waals surface area contributed by atoms with Gasteiger partial charge in [0.15, 0.2) is 0 Å². The van der Waals surface area contributed by atoms with Crippen LogP contribution in [0.4, 0.5) is 3.89 Å². The van der Waals surface area contributed by atoms with E-state index in [-0.39, 0.29) is 24.8 Å². The number of unbranched alkanes of at least 4 members (excludes halogenated alkanes) is 2. The van der Waals surface area contributed by atoms with E-state index in [0.29, 0.717) is 24.0 Å². The fourth-order valence-electron chi connectivity index (χ4n) is 2.16.